The van der Waals surface area contributed by atoms with E-state index in [1.807, 2.05) is 12.3 Å². The minimum absolute atomic E-state index is 0.0114. The van der Waals surface area contributed by atoms with Crippen LogP contribution in [0, 0.1) is 4.77 Å². The van der Waals surface area contributed by atoms with E-state index in [9.17, 15) is 4.79 Å². The van der Waals surface area contributed by atoms with E-state index in [-0.39, 0.29) is 5.56 Å². The Balaban J connectivity index is 2.07. The van der Waals surface area contributed by atoms with Gasteiger partial charge in [0.25, 0.3) is 5.56 Å². The molecule has 0 aromatic carbocycles. The lowest BCUT2D eigenvalue weighted by Crippen LogP contribution is -2.21. The van der Waals surface area contributed by atoms with Crippen LogP contribution in [0.2, 0.25) is 0 Å². The molecule has 1 aliphatic carbocycles. The van der Waals surface area contributed by atoms with E-state index in [1.165, 1.54) is 0 Å². The molecule has 7 heteroatoms. The van der Waals surface area contributed by atoms with Crippen molar-refractivity contribution >= 4 is 12.2 Å². The van der Waals surface area contributed by atoms with Crippen molar-refractivity contribution in [3.05, 3.63) is 33.5 Å². The first-order chi connectivity index (χ1) is 9.72. The van der Waals surface area contributed by atoms with Crippen molar-refractivity contribution in [1.29, 1.82) is 0 Å². The van der Waals surface area contributed by atoms with Crippen LogP contribution in [0.4, 0.5) is 0 Å². The molecule has 0 aliphatic heterocycles. The average Bonchev–Trinajstić information content (AvgIpc) is 3.22. The molecule has 20 heavy (non-hydrogen) atoms. The molecule has 0 radical (unpaired) electrons. The lowest BCUT2D eigenvalue weighted by atomic mass is 10.2. The first-order valence-corrected chi connectivity index (χ1v) is 6.99. The maximum atomic E-state index is 12.5. The molecule has 0 spiro atoms. The van der Waals surface area contributed by atoms with Crippen LogP contribution in [0.3, 0.4) is 0 Å². The number of nitrogens with zero attached hydrogens (tertiary/aromatic N) is 3. The van der Waals surface area contributed by atoms with Crippen LogP contribution in [0.5, 0.6) is 0 Å². The molecule has 0 saturated heterocycles. The summed E-state index contributed by atoms with van der Waals surface area (Å²) in [6.45, 7) is 1.09. The van der Waals surface area contributed by atoms with Gasteiger partial charge >= 0.3 is 0 Å². The van der Waals surface area contributed by atoms with Crippen molar-refractivity contribution in [2.24, 2.45) is 0 Å². The fraction of sp³-hybridized carbons (Fsp3) is 0.462. The van der Waals surface area contributed by atoms with Crippen LogP contribution < -0.4 is 5.56 Å². The van der Waals surface area contributed by atoms with Gasteiger partial charge < -0.3 is 9.30 Å². The summed E-state index contributed by atoms with van der Waals surface area (Å²) in [6.07, 6.45) is 3.98. The molecule has 1 N–H and O–H groups in total. The van der Waals surface area contributed by atoms with Crippen molar-refractivity contribution in [2.75, 3.05) is 13.7 Å². The van der Waals surface area contributed by atoms with Gasteiger partial charge in [0, 0.05) is 19.3 Å². The highest BCUT2D eigenvalue weighted by molar-refractivity contribution is 7.71. The number of aromatic amines is 1. The summed E-state index contributed by atoms with van der Waals surface area (Å²) in [6, 6.07) is 4.01. The summed E-state index contributed by atoms with van der Waals surface area (Å²) in [5, 5.41) is 6.95. The quantitative estimate of drug-likeness (QED) is 0.853. The maximum Gasteiger partial charge on any atom is 0.261 e. The first-order valence-electron chi connectivity index (χ1n) is 6.58. The Hall–Kier alpha value is -1.73. The van der Waals surface area contributed by atoms with Gasteiger partial charge in [-0.2, -0.15) is 5.10 Å². The number of aromatic nitrogens is 4. The summed E-state index contributed by atoms with van der Waals surface area (Å²) < 4.78 is 9.15. The topological polar surface area (TPSA) is 64.8 Å². The summed E-state index contributed by atoms with van der Waals surface area (Å²) in [5.74, 6) is 0.576. The van der Waals surface area contributed by atoms with Crippen LogP contribution in [-0.2, 0) is 11.3 Å². The predicted octanol–water partition coefficient (Wildman–Crippen LogP) is 1.75. The van der Waals surface area contributed by atoms with Crippen LogP contribution in [-0.4, -0.2) is 33.0 Å². The normalized spacial score (nSPS) is 14.7. The third kappa shape index (κ3) is 2.34. The zero-order valence-corrected chi connectivity index (χ0v) is 12.0. The highest BCUT2D eigenvalue weighted by Gasteiger charge is 2.25. The molecule has 2 heterocycles. The second-order valence-corrected chi connectivity index (χ2v) is 5.25. The van der Waals surface area contributed by atoms with Gasteiger partial charge in [0.05, 0.1) is 18.7 Å². The van der Waals surface area contributed by atoms with Crippen molar-refractivity contribution in [1.82, 2.24) is 19.3 Å². The fourth-order valence-corrected chi connectivity index (χ4v) is 2.46. The van der Waals surface area contributed by atoms with E-state index in [2.05, 4.69) is 10.2 Å². The Morgan fingerprint density at radius 1 is 1.55 bits per heavy atom. The third-order valence-corrected chi connectivity index (χ3v) is 3.74. The van der Waals surface area contributed by atoms with Gasteiger partial charge in [-0.3, -0.25) is 14.5 Å². The Kier molecular flexibility index (Phi) is 3.54. The molecule has 6 nitrogen and oxygen atoms in total. The first kappa shape index (κ1) is 13.3. The molecule has 106 valence electrons. The number of rotatable bonds is 5. The number of ether oxygens (including phenoxy) is 1. The van der Waals surface area contributed by atoms with Crippen molar-refractivity contribution in [3.8, 4) is 11.4 Å². The fourth-order valence-electron chi connectivity index (χ4n) is 2.23. The van der Waals surface area contributed by atoms with E-state index in [1.54, 1.807) is 22.3 Å². The number of nitrogens with one attached hydrogen (secondary N) is 1. The Bertz CT molecular complexity index is 726. The lowest BCUT2D eigenvalue weighted by molar-refractivity contribution is 0.187. The number of hydrogen-bond donors (Lipinski definition) is 1. The minimum Gasteiger partial charge on any atom is -0.383 e. The molecule has 1 aliphatic rings. The summed E-state index contributed by atoms with van der Waals surface area (Å²) in [5.41, 5.74) is 0.561. The molecule has 0 amide bonds. The molecule has 0 bridgehead atoms. The van der Waals surface area contributed by atoms with Gasteiger partial charge in [-0.1, -0.05) is 0 Å². The van der Waals surface area contributed by atoms with Crippen molar-refractivity contribution < 1.29 is 4.74 Å². The average molecular weight is 292 g/mol. The van der Waals surface area contributed by atoms with Crippen molar-refractivity contribution in [3.63, 3.8) is 0 Å². The molecule has 1 saturated carbocycles. The Morgan fingerprint density at radius 2 is 2.35 bits per heavy atom. The van der Waals surface area contributed by atoms with Gasteiger partial charge in [-0.25, -0.2) is 0 Å². The van der Waals surface area contributed by atoms with Crippen LogP contribution in [0.25, 0.3) is 11.4 Å². The van der Waals surface area contributed by atoms with Crippen LogP contribution in [0.1, 0.15) is 18.9 Å². The van der Waals surface area contributed by atoms with Crippen LogP contribution >= 0.6 is 12.2 Å². The zero-order valence-electron chi connectivity index (χ0n) is 11.2. The highest BCUT2D eigenvalue weighted by Crippen LogP contribution is 2.33. The minimum atomic E-state index is -0.0114. The molecule has 2 aromatic heterocycles. The smallest absolute Gasteiger partial charge is 0.261 e. The lowest BCUT2D eigenvalue weighted by Gasteiger charge is -2.08. The number of H-pyrrole nitrogens is 1. The molecule has 2 aromatic rings. The van der Waals surface area contributed by atoms with Crippen molar-refractivity contribution in [2.45, 2.75) is 25.4 Å². The van der Waals surface area contributed by atoms with E-state index >= 15 is 0 Å². The number of hydrogen-bond acceptors (Lipinski definition) is 4. The number of pyridine rings is 1. The second-order valence-electron chi connectivity index (χ2n) is 4.86. The van der Waals surface area contributed by atoms with E-state index in [4.69, 9.17) is 17.0 Å². The van der Waals surface area contributed by atoms with E-state index in [0.717, 1.165) is 12.8 Å². The Labute approximate surface area is 121 Å². The SMILES string of the molecule is COCCn1c(-c2cccn(C3CC3)c2=O)n[nH]c1=S. The summed E-state index contributed by atoms with van der Waals surface area (Å²) in [4.78, 5) is 12.5. The maximum absolute atomic E-state index is 12.5. The largest absolute Gasteiger partial charge is 0.383 e. The monoisotopic (exact) mass is 292 g/mol. The van der Waals surface area contributed by atoms with Gasteiger partial charge in [0.2, 0.25) is 0 Å². The van der Waals surface area contributed by atoms with Gasteiger partial charge in [0.15, 0.2) is 10.6 Å². The second kappa shape index (κ2) is 5.34. The summed E-state index contributed by atoms with van der Waals surface area (Å²) >= 11 is 5.21. The molecular formula is C13H16N4O2S. The zero-order chi connectivity index (χ0) is 14.1. The van der Waals surface area contributed by atoms with Gasteiger partial charge in [0.1, 0.15) is 0 Å². The van der Waals surface area contributed by atoms with Gasteiger partial charge in [-0.15, -0.1) is 0 Å². The third-order valence-electron chi connectivity index (χ3n) is 3.43. The molecule has 0 unspecified atom stereocenters. The van der Waals surface area contributed by atoms with Gasteiger partial charge in [-0.05, 0) is 37.2 Å². The highest BCUT2D eigenvalue weighted by atomic mass is 32.1. The standard InChI is InChI=1S/C13H16N4O2S/c1-19-8-7-17-11(14-15-13(17)20)10-3-2-6-16(12(10)18)9-4-5-9/h2-3,6,9H,4-5,7-8H2,1H3,(H,15,20). The Morgan fingerprint density at radius 3 is 3.05 bits per heavy atom. The van der Waals surface area contributed by atoms with Crippen LogP contribution in [0.15, 0.2) is 23.1 Å². The van der Waals surface area contributed by atoms with E-state index in [0.29, 0.717) is 35.4 Å². The molecule has 3 rings (SSSR count). The number of methoxy groups -OCH3 is 1. The molecule has 1 fully saturated rings. The predicted molar refractivity (Wildman–Crippen MR) is 77.3 cm³/mol. The molecule has 0 atom stereocenters. The molecular weight excluding hydrogens is 276 g/mol. The van der Waals surface area contributed by atoms with E-state index < -0.39 is 0 Å². The summed E-state index contributed by atoms with van der Waals surface area (Å²) in [7, 11) is 1.63.